The zero-order chi connectivity index (χ0) is 11.0. The van der Waals surface area contributed by atoms with E-state index in [1.165, 1.54) is 30.3 Å². The molecule has 1 aliphatic rings. The summed E-state index contributed by atoms with van der Waals surface area (Å²) in [6, 6.07) is 7.03. The van der Waals surface area contributed by atoms with Crippen LogP contribution in [0.2, 0.25) is 0 Å². The van der Waals surface area contributed by atoms with Crippen molar-refractivity contribution in [3.05, 3.63) is 24.4 Å². The van der Waals surface area contributed by atoms with E-state index < -0.39 is 0 Å². The number of H-pyrrole nitrogens is 1. The Morgan fingerprint density at radius 2 is 2.31 bits per heavy atom. The van der Waals surface area contributed by atoms with Crippen molar-refractivity contribution in [2.75, 3.05) is 5.32 Å². The maximum Gasteiger partial charge on any atom is 0.0651 e. The molecule has 1 aliphatic carbocycles. The Bertz CT molecular complexity index is 489. The minimum atomic E-state index is 0.643. The van der Waals surface area contributed by atoms with Gasteiger partial charge in [-0.3, -0.25) is 5.10 Å². The minimum Gasteiger partial charge on any atom is -0.382 e. The van der Waals surface area contributed by atoms with E-state index in [0.29, 0.717) is 6.04 Å². The van der Waals surface area contributed by atoms with Crippen molar-refractivity contribution >= 4 is 16.6 Å². The van der Waals surface area contributed by atoms with Gasteiger partial charge in [0.25, 0.3) is 0 Å². The molecule has 2 N–H and O–H groups in total. The highest BCUT2D eigenvalue weighted by molar-refractivity contribution is 5.81. The van der Waals surface area contributed by atoms with Crippen molar-refractivity contribution in [2.24, 2.45) is 5.92 Å². The summed E-state index contributed by atoms with van der Waals surface area (Å²) in [6.45, 7) is 2.33. The van der Waals surface area contributed by atoms with Gasteiger partial charge >= 0.3 is 0 Å². The molecule has 16 heavy (non-hydrogen) atoms. The third-order valence-corrected chi connectivity index (χ3v) is 3.65. The average Bonchev–Trinajstić information content (AvgIpc) is 2.88. The fourth-order valence-corrected chi connectivity index (χ4v) is 2.61. The van der Waals surface area contributed by atoms with Gasteiger partial charge in [-0.25, -0.2) is 0 Å². The molecular formula is C13H17N3. The van der Waals surface area contributed by atoms with Gasteiger partial charge in [-0.2, -0.15) is 5.10 Å². The highest BCUT2D eigenvalue weighted by Gasteiger charge is 2.22. The maximum atomic E-state index is 4.04. The van der Waals surface area contributed by atoms with E-state index in [9.17, 15) is 0 Å². The molecular weight excluding hydrogens is 198 g/mol. The van der Waals surface area contributed by atoms with Crippen molar-refractivity contribution < 1.29 is 0 Å². The second-order valence-electron chi connectivity index (χ2n) is 4.83. The normalized spacial score (nSPS) is 25.1. The van der Waals surface area contributed by atoms with Gasteiger partial charge in [0.2, 0.25) is 0 Å². The van der Waals surface area contributed by atoms with Crippen LogP contribution in [-0.4, -0.2) is 16.2 Å². The number of hydrogen-bond acceptors (Lipinski definition) is 2. The topological polar surface area (TPSA) is 40.7 Å². The lowest BCUT2D eigenvalue weighted by Gasteiger charge is -2.18. The SMILES string of the molecule is CC1CCCC1Nc1ccc2[nH]ncc2c1. The summed E-state index contributed by atoms with van der Waals surface area (Å²) in [5.41, 5.74) is 2.32. The smallest absolute Gasteiger partial charge is 0.0651 e. The lowest BCUT2D eigenvalue weighted by atomic mass is 10.1. The molecule has 1 fully saturated rings. The summed E-state index contributed by atoms with van der Waals surface area (Å²) in [6.07, 6.45) is 5.88. The Morgan fingerprint density at radius 1 is 1.38 bits per heavy atom. The summed E-state index contributed by atoms with van der Waals surface area (Å²) in [7, 11) is 0. The average molecular weight is 215 g/mol. The molecule has 3 rings (SSSR count). The lowest BCUT2D eigenvalue weighted by molar-refractivity contribution is 0.556. The number of aromatic nitrogens is 2. The Labute approximate surface area is 95.2 Å². The molecule has 84 valence electrons. The first kappa shape index (κ1) is 9.70. The van der Waals surface area contributed by atoms with Crippen LogP contribution < -0.4 is 5.32 Å². The number of aromatic amines is 1. The number of nitrogens with one attached hydrogen (secondary N) is 2. The van der Waals surface area contributed by atoms with E-state index in [1.54, 1.807) is 0 Å². The number of anilines is 1. The lowest BCUT2D eigenvalue weighted by Crippen LogP contribution is -2.21. The standard InChI is InChI=1S/C13H17N3/c1-9-3-2-4-12(9)15-11-5-6-13-10(7-11)8-14-16-13/h5-9,12,15H,2-4H2,1H3,(H,14,16). The fraction of sp³-hybridized carbons (Fsp3) is 0.462. The molecule has 1 saturated carbocycles. The Hall–Kier alpha value is -1.51. The van der Waals surface area contributed by atoms with Gasteiger partial charge in [0.05, 0.1) is 11.7 Å². The summed E-state index contributed by atoms with van der Waals surface area (Å²) in [5, 5.41) is 11.8. The first-order chi connectivity index (χ1) is 7.83. The number of fused-ring (bicyclic) bond motifs is 1. The molecule has 0 bridgehead atoms. The van der Waals surface area contributed by atoms with E-state index >= 15 is 0 Å². The van der Waals surface area contributed by atoms with Crippen LogP contribution >= 0.6 is 0 Å². The quantitative estimate of drug-likeness (QED) is 0.807. The van der Waals surface area contributed by atoms with Gasteiger partial charge in [0, 0.05) is 17.1 Å². The fourth-order valence-electron chi connectivity index (χ4n) is 2.61. The number of hydrogen-bond donors (Lipinski definition) is 2. The van der Waals surface area contributed by atoms with Crippen LogP contribution in [0, 0.1) is 5.92 Å². The largest absolute Gasteiger partial charge is 0.382 e. The molecule has 2 unspecified atom stereocenters. The van der Waals surface area contributed by atoms with Gasteiger partial charge in [-0.1, -0.05) is 13.3 Å². The molecule has 0 spiro atoms. The summed E-state index contributed by atoms with van der Waals surface area (Å²) >= 11 is 0. The third-order valence-electron chi connectivity index (χ3n) is 3.65. The Balaban J connectivity index is 1.83. The molecule has 1 aromatic carbocycles. The summed E-state index contributed by atoms with van der Waals surface area (Å²) in [5.74, 6) is 0.792. The molecule has 1 heterocycles. The third kappa shape index (κ3) is 1.66. The van der Waals surface area contributed by atoms with Gasteiger partial charge in [-0.15, -0.1) is 0 Å². The molecule has 0 radical (unpaired) electrons. The van der Waals surface area contributed by atoms with Crippen LogP contribution in [0.3, 0.4) is 0 Å². The summed E-state index contributed by atoms with van der Waals surface area (Å²) in [4.78, 5) is 0. The van der Waals surface area contributed by atoms with E-state index in [-0.39, 0.29) is 0 Å². The molecule has 2 atom stereocenters. The van der Waals surface area contributed by atoms with Crippen molar-refractivity contribution in [2.45, 2.75) is 32.2 Å². The zero-order valence-corrected chi connectivity index (χ0v) is 9.53. The first-order valence-corrected chi connectivity index (χ1v) is 6.02. The summed E-state index contributed by atoms with van der Waals surface area (Å²) < 4.78 is 0. The van der Waals surface area contributed by atoms with Crippen LogP contribution in [-0.2, 0) is 0 Å². The molecule has 0 aliphatic heterocycles. The minimum absolute atomic E-state index is 0.643. The van der Waals surface area contributed by atoms with E-state index in [1.807, 2.05) is 6.20 Å². The molecule has 3 heteroatoms. The predicted molar refractivity (Wildman–Crippen MR) is 66.5 cm³/mol. The van der Waals surface area contributed by atoms with Crippen LogP contribution in [0.5, 0.6) is 0 Å². The van der Waals surface area contributed by atoms with Gasteiger partial charge < -0.3 is 5.32 Å². The molecule has 3 nitrogen and oxygen atoms in total. The Morgan fingerprint density at radius 3 is 3.12 bits per heavy atom. The van der Waals surface area contributed by atoms with E-state index in [4.69, 9.17) is 0 Å². The van der Waals surface area contributed by atoms with Crippen molar-refractivity contribution in [1.29, 1.82) is 0 Å². The molecule has 2 aromatic rings. The zero-order valence-electron chi connectivity index (χ0n) is 9.53. The maximum absolute atomic E-state index is 4.04. The highest BCUT2D eigenvalue weighted by Crippen LogP contribution is 2.28. The van der Waals surface area contributed by atoms with Gasteiger partial charge in [0.1, 0.15) is 0 Å². The van der Waals surface area contributed by atoms with Crippen molar-refractivity contribution in [1.82, 2.24) is 10.2 Å². The second kappa shape index (κ2) is 3.81. The van der Waals surface area contributed by atoms with Crippen LogP contribution in [0.15, 0.2) is 24.4 Å². The number of nitrogens with zero attached hydrogens (tertiary/aromatic N) is 1. The van der Waals surface area contributed by atoms with Crippen molar-refractivity contribution in [3.63, 3.8) is 0 Å². The predicted octanol–water partition coefficient (Wildman–Crippen LogP) is 3.16. The second-order valence-corrected chi connectivity index (χ2v) is 4.83. The van der Waals surface area contributed by atoms with Crippen LogP contribution in [0.4, 0.5) is 5.69 Å². The molecule has 1 aromatic heterocycles. The van der Waals surface area contributed by atoms with Gasteiger partial charge in [-0.05, 0) is 37.0 Å². The van der Waals surface area contributed by atoms with E-state index in [2.05, 4.69) is 40.6 Å². The number of rotatable bonds is 2. The first-order valence-electron chi connectivity index (χ1n) is 6.02. The van der Waals surface area contributed by atoms with Crippen molar-refractivity contribution in [3.8, 4) is 0 Å². The highest BCUT2D eigenvalue weighted by atomic mass is 15.1. The van der Waals surface area contributed by atoms with Gasteiger partial charge in [0.15, 0.2) is 0 Å². The number of benzene rings is 1. The van der Waals surface area contributed by atoms with Crippen LogP contribution in [0.1, 0.15) is 26.2 Å². The van der Waals surface area contributed by atoms with E-state index in [0.717, 1.165) is 11.4 Å². The monoisotopic (exact) mass is 215 g/mol. The Kier molecular flexibility index (Phi) is 2.31. The molecule has 0 amide bonds. The molecule has 0 saturated heterocycles. The van der Waals surface area contributed by atoms with Crippen LogP contribution in [0.25, 0.3) is 10.9 Å².